The van der Waals surface area contributed by atoms with Crippen molar-refractivity contribution in [3.05, 3.63) is 24.3 Å². The van der Waals surface area contributed by atoms with E-state index < -0.39 is 0 Å². The van der Waals surface area contributed by atoms with Crippen LogP contribution in [-0.2, 0) is 4.74 Å². The fourth-order valence-electron chi connectivity index (χ4n) is 1.51. The molecular weight excluding hydrogens is 369 g/mol. The Kier molecular flexibility index (Phi) is 10.2. The van der Waals surface area contributed by atoms with Gasteiger partial charge in [0.1, 0.15) is 5.75 Å². The molecule has 0 fully saturated rings. The third kappa shape index (κ3) is 7.54. The minimum atomic E-state index is 0. The average molecular weight is 393 g/mol. The van der Waals surface area contributed by atoms with Gasteiger partial charge in [0.15, 0.2) is 5.96 Å². The molecule has 1 aromatic carbocycles. The van der Waals surface area contributed by atoms with E-state index in [2.05, 4.69) is 10.3 Å². The smallest absolute Gasteiger partial charge is 0.193 e. The third-order valence-electron chi connectivity index (χ3n) is 2.41. The van der Waals surface area contributed by atoms with Gasteiger partial charge in [-0.05, 0) is 32.4 Å². The van der Waals surface area contributed by atoms with E-state index in [1.165, 1.54) is 0 Å². The summed E-state index contributed by atoms with van der Waals surface area (Å²) in [7, 11) is 1.62. The summed E-state index contributed by atoms with van der Waals surface area (Å²) < 4.78 is 10.7. The summed E-state index contributed by atoms with van der Waals surface area (Å²) in [6.07, 6.45) is 1.11. The number of hydrogen-bond acceptors (Lipinski definition) is 3. The molecule has 0 saturated carbocycles. The number of benzene rings is 1. The number of nitrogens with zero attached hydrogens (tertiary/aromatic N) is 1. The molecule has 0 aliphatic heterocycles. The lowest BCUT2D eigenvalue weighted by atomic mass is 10.3. The maximum absolute atomic E-state index is 5.81. The maximum Gasteiger partial charge on any atom is 0.193 e. The standard InChI is InChI=1S/C14H23N3O2.HI/c1-11(2)19-10-6-9-16-14(15)17-12-7-4-5-8-13(12)18-3;/h4-5,7-8,11H,6,9-10H2,1-3H3,(H3,15,16,17);1H. The first-order valence-corrected chi connectivity index (χ1v) is 6.45. The molecule has 5 nitrogen and oxygen atoms in total. The number of aliphatic imine (C=N–C) groups is 1. The monoisotopic (exact) mass is 393 g/mol. The van der Waals surface area contributed by atoms with Crippen LogP contribution in [0.1, 0.15) is 20.3 Å². The van der Waals surface area contributed by atoms with Crippen LogP contribution >= 0.6 is 24.0 Å². The van der Waals surface area contributed by atoms with E-state index in [-0.39, 0.29) is 30.1 Å². The van der Waals surface area contributed by atoms with Crippen LogP contribution in [0.2, 0.25) is 0 Å². The van der Waals surface area contributed by atoms with Gasteiger partial charge in [0.2, 0.25) is 0 Å². The first-order chi connectivity index (χ1) is 9.13. The quantitative estimate of drug-likeness (QED) is 0.324. The Morgan fingerprint density at radius 1 is 1.35 bits per heavy atom. The molecule has 1 aromatic rings. The summed E-state index contributed by atoms with van der Waals surface area (Å²) in [5.41, 5.74) is 6.62. The summed E-state index contributed by atoms with van der Waals surface area (Å²) in [6, 6.07) is 7.57. The van der Waals surface area contributed by atoms with Crippen molar-refractivity contribution in [2.75, 3.05) is 25.6 Å². The van der Waals surface area contributed by atoms with E-state index in [1.54, 1.807) is 7.11 Å². The zero-order valence-electron chi connectivity index (χ0n) is 12.3. The highest BCUT2D eigenvalue weighted by molar-refractivity contribution is 14.0. The number of hydrogen-bond donors (Lipinski definition) is 2. The Balaban J connectivity index is 0.00000361. The van der Waals surface area contributed by atoms with Crippen molar-refractivity contribution in [1.82, 2.24) is 0 Å². The Morgan fingerprint density at radius 3 is 2.70 bits per heavy atom. The Morgan fingerprint density at radius 2 is 2.05 bits per heavy atom. The molecule has 3 N–H and O–H groups in total. The molecule has 20 heavy (non-hydrogen) atoms. The van der Waals surface area contributed by atoms with Gasteiger partial charge in [0.25, 0.3) is 0 Å². The molecule has 0 atom stereocenters. The molecule has 0 radical (unpaired) electrons. The van der Waals surface area contributed by atoms with E-state index in [0.29, 0.717) is 19.1 Å². The Bertz CT molecular complexity index is 411. The molecule has 6 heteroatoms. The second kappa shape index (κ2) is 10.7. The predicted molar refractivity (Wildman–Crippen MR) is 94.2 cm³/mol. The number of nitrogens with two attached hydrogens (primary N) is 1. The van der Waals surface area contributed by atoms with Gasteiger partial charge in [-0.2, -0.15) is 0 Å². The molecule has 0 spiro atoms. The number of methoxy groups -OCH3 is 1. The van der Waals surface area contributed by atoms with Crippen LogP contribution in [0.4, 0.5) is 5.69 Å². The van der Waals surface area contributed by atoms with Crippen molar-refractivity contribution in [2.24, 2.45) is 10.7 Å². The maximum atomic E-state index is 5.81. The van der Waals surface area contributed by atoms with E-state index in [0.717, 1.165) is 17.9 Å². The van der Waals surface area contributed by atoms with Gasteiger partial charge < -0.3 is 20.5 Å². The van der Waals surface area contributed by atoms with Crippen molar-refractivity contribution < 1.29 is 9.47 Å². The van der Waals surface area contributed by atoms with Crippen LogP contribution in [-0.4, -0.2) is 32.3 Å². The molecule has 114 valence electrons. The van der Waals surface area contributed by atoms with Crippen molar-refractivity contribution >= 4 is 35.6 Å². The minimum Gasteiger partial charge on any atom is -0.495 e. The molecule has 0 aliphatic rings. The number of nitrogens with one attached hydrogen (secondary N) is 1. The van der Waals surface area contributed by atoms with Crippen LogP contribution in [0.15, 0.2) is 29.3 Å². The van der Waals surface area contributed by atoms with Crippen molar-refractivity contribution in [2.45, 2.75) is 26.4 Å². The number of rotatable bonds is 7. The first-order valence-electron chi connectivity index (χ1n) is 6.45. The lowest BCUT2D eigenvalue weighted by molar-refractivity contribution is 0.0783. The highest BCUT2D eigenvalue weighted by Crippen LogP contribution is 2.22. The predicted octanol–water partition coefficient (Wildman–Crippen LogP) is 2.85. The van der Waals surface area contributed by atoms with Gasteiger partial charge in [0.05, 0.1) is 18.9 Å². The lowest BCUT2D eigenvalue weighted by Crippen LogP contribution is -2.23. The molecule has 0 bridgehead atoms. The summed E-state index contributed by atoms with van der Waals surface area (Å²) in [6.45, 7) is 5.37. The Labute approximate surface area is 138 Å². The first kappa shape index (κ1) is 19.0. The van der Waals surface area contributed by atoms with Gasteiger partial charge in [-0.25, -0.2) is 0 Å². The van der Waals surface area contributed by atoms with Gasteiger partial charge in [-0.15, -0.1) is 24.0 Å². The summed E-state index contributed by atoms with van der Waals surface area (Å²) >= 11 is 0. The molecule has 0 amide bonds. The number of halogens is 1. The SMILES string of the molecule is COc1ccccc1NC(N)=NCCCOC(C)C.I. The number of para-hydroxylation sites is 2. The fourth-order valence-corrected chi connectivity index (χ4v) is 1.51. The summed E-state index contributed by atoms with van der Waals surface area (Å²) in [5, 5.41) is 3.02. The molecule has 0 heterocycles. The van der Waals surface area contributed by atoms with E-state index in [4.69, 9.17) is 15.2 Å². The van der Waals surface area contributed by atoms with E-state index >= 15 is 0 Å². The van der Waals surface area contributed by atoms with E-state index in [9.17, 15) is 0 Å². The second-order valence-electron chi connectivity index (χ2n) is 4.37. The summed E-state index contributed by atoms with van der Waals surface area (Å²) in [5.74, 6) is 1.12. The summed E-state index contributed by atoms with van der Waals surface area (Å²) in [4.78, 5) is 4.24. The van der Waals surface area contributed by atoms with Crippen LogP contribution < -0.4 is 15.8 Å². The zero-order chi connectivity index (χ0) is 14.1. The van der Waals surface area contributed by atoms with Crippen LogP contribution in [0.5, 0.6) is 5.75 Å². The van der Waals surface area contributed by atoms with E-state index in [1.807, 2.05) is 38.1 Å². The van der Waals surface area contributed by atoms with Gasteiger partial charge in [0, 0.05) is 13.2 Å². The number of ether oxygens (including phenoxy) is 2. The molecule has 0 aromatic heterocycles. The molecule has 1 rings (SSSR count). The van der Waals surface area contributed by atoms with Crippen molar-refractivity contribution in [1.29, 1.82) is 0 Å². The molecular formula is C14H24IN3O2. The minimum absolute atomic E-state index is 0. The number of guanidine groups is 1. The average Bonchev–Trinajstić information content (AvgIpc) is 2.38. The van der Waals surface area contributed by atoms with Crippen LogP contribution in [0, 0.1) is 0 Å². The third-order valence-corrected chi connectivity index (χ3v) is 2.41. The van der Waals surface area contributed by atoms with Gasteiger partial charge >= 0.3 is 0 Å². The molecule has 0 unspecified atom stereocenters. The normalized spacial score (nSPS) is 11.1. The lowest BCUT2D eigenvalue weighted by Gasteiger charge is -2.10. The van der Waals surface area contributed by atoms with Gasteiger partial charge in [-0.3, -0.25) is 4.99 Å². The zero-order valence-corrected chi connectivity index (χ0v) is 14.6. The largest absolute Gasteiger partial charge is 0.495 e. The van der Waals surface area contributed by atoms with Crippen LogP contribution in [0.3, 0.4) is 0 Å². The topological polar surface area (TPSA) is 68.9 Å². The highest BCUT2D eigenvalue weighted by atomic mass is 127. The Hall–Kier alpha value is -1.02. The van der Waals surface area contributed by atoms with Crippen molar-refractivity contribution in [3.63, 3.8) is 0 Å². The molecule has 0 saturated heterocycles. The van der Waals surface area contributed by atoms with Crippen LogP contribution in [0.25, 0.3) is 0 Å². The highest BCUT2D eigenvalue weighted by Gasteiger charge is 2.01. The second-order valence-corrected chi connectivity index (χ2v) is 4.37. The fraction of sp³-hybridized carbons (Fsp3) is 0.500. The molecule has 0 aliphatic carbocycles. The van der Waals surface area contributed by atoms with Crippen molar-refractivity contribution in [3.8, 4) is 5.75 Å². The number of anilines is 1. The van der Waals surface area contributed by atoms with Gasteiger partial charge in [-0.1, -0.05) is 12.1 Å².